The molecule has 4 rings (SSSR count). The fourth-order valence-electron chi connectivity index (χ4n) is 4.59. The van der Waals surface area contributed by atoms with Gasteiger partial charge in [-0.1, -0.05) is 43.6 Å². The molecule has 0 saturated heterocycles. The lowest BCUT2D eigenvalue weighted by Crippen LogP contribution is -2.37. The number of fused-ring (bicyclic) bond motifs is 1. The number of sulfone groups is 2. The van der Waals surface area contributed by atoms with Gasteiger partial charge in [0.1, 0.15) is 24.9 Å². The van der Waals surface area contributed by atoms with E-state index in [1.54, 1.807) is 13.8 Å². The number of aliphatic imine (C=N–C) groups is 1. The van der Waals surface area contributed by atoms with Gasteiger partial charge < -0.3 is 9.47 Å². The van der Waals surface area contributed by atoms with Crippen molar-refractivity contribution in [2.24, 2.45) is 16.8 Å². The van der Waals surface area contributed by atoms with Crippen LogP contribution in [0, 0.1) is 17.7 Å². The third kappa shape index (κ3) is 5.37. The number of carbonyl (C=O) groups is 2. The second-order valence-corrected chi connectivity index (χ2v) is 13.6. The molecule has 39 heavy (non-hydrogen) atoms. The summed E-state index contributed by atoms with van der Waals surface area (Å²) in [5, 5.41) is -0.166. The number of carbonyl (C=O) groups excluding carboxylic acids is 2. The smallest absolute Gasteiger partial charge is 0.315 e. The van der Waals surface area contributed by atoms with Gasteiger partial charge in [-0.25, -0.2) is 21.2 Å². The minimum absolute atomic E-state index is 0.0126. The van der Waals surface area contributed by atoms with Crippen molar-refractivity contribution in [1.82, 2.24) is 0 Å². The third-order valence-electron chi connectivity index (χ3n) is 6.36. The van der Waals surface area contributed by atoms with Crippen molar-refractivity contribution in [2.75, 3.05) is 19.0 Å². The van der Waals surface area contributed by atoms with E-state index in [1.165, 1.54) is 37.3 Å². The van der Waals surface area contributed by atoms with Crippen molar-refractivity contribution in [1.29, 1.82) is 0 Å². The molecule has 2 heterocycles. The number of hydrogen-bond donors (Lipinski definition) is 0. The van der Waals surface area contributed by atoms with E-state index in [9.17, 15) is 26.4 Å². The molecule has 2 aromatic rings. The Bertz CT molecular complexity index is 1610. The number of ether oxygens (including phenoxy) is 2. The normalized spacial score (nSPS) is 21.3. The Labute approximate surface area is 230 Å². The Morgan fingerprint density at radius 3 is 2.31 bits per heavy atom. The molecule has 0 saturated carbocycles. The molecule has 0 bridgehead atoms. The molecule has 2 aromatic carbocycles. The fourth-order valence-corrected chi connectivity index (χ4v) is 8.92. The summed E-state index contributed by atoms with van der Waals surface area (Å²) >= 11 is 6.37. The molecule has 2 aliphatic rings. The first-order chi connectivity index (χ1) is 18.3. The van der Waals surface area contributed by atoms with Crippen LogP contribution in [0.3, 0.4) is 0 Å². The van der Waals surface area contributed by atoms with Crippen LogP contribution in [0.25, 0.3) is 0 Å². The maximum absolute atomic E-state index is 15.4. The first kappa shape index (κ1) is 28.9. The SMILES string of the molecule is CC1=NC2=C(C(c3c(F)cccc3Cl)C1C(=O)OCCOC(=O)C(C)C)S(=O)(=O)c1ccccc1S(=O)(=O)C2. The van der Waals surface area contributed by atoms with Crippen LogP contribution < -0.4 is 0 Å². The van der Waals surface area contributed by atoms with Crippen LogP contribution >= 0.6 is 11.6 Å². The number of rotatable bonds is 6. The van der Waals surface area contributed by atoms with Gasteiger partial charge in [-0.2, -0.15) is 0 Å². The molecule has 0 amide bonds. The molecular formula is C26H25ClFNO8S2. The summed E-state index contributed by atoms with van der Waals surface area (Å²) in [7, 11) is -8.80. The standard InChI is InChI=1S/C26H25ClFNO8S2/c1-14(2)25(30)36-11-12-37-26(31)21-15(3)29-18-13-38(32,33)19-9-4-5-10-20(19)39(34,35)24(18)23(21)22-16(27)7-6-8-17(22)28/h4-10,14,21,23H,11-13H2,1-3H3. The number of halogens is 2. The quantitative estimate of drug-likeness (QED) is 0.362. The lowest BCUT2D eigenvalue weighted by molar-refractivity contribution is -0.155. The zero-order chi connectivity index (χ0) is 28.7. The molecule has 2 unspecified atom stereocenters. The molecule has 2 aliphatic heterocycles. The van der Waals surface area contributed by atoms with Crippen LogP contribution in [0.1, 0.15) is 32.3 Å². The van der Waals surface area contributed by atoms with E-state index in [4.69, 9.17) is 21.1 Å². The van der Waals surface area contributed by atoms with Crippen molar-refractivity contribution in [3.05, 3.63) is 69.5 Å². The van der Waals surface area contributed by atoms with Crippen molar-refractivity contribution in [3.63, 3.8) is 0 Å². The van der Waals surface area contributed by atoms with Gasteiger partial charge in [0.25, 0.3) is 0 Å². The number of hydrogen-bond acceptors (Lipinski definition) is 9. The van der Waals surface area contributed by atoms with E-state index < -0.39 is 75.6 Å². The van der Waals surface area contributed by atoms with Crippen LogP contribution in [0.5, 0.6) is 0 Å². The maximum atomic E-state index is 15.4. The summed E-state index contributed by atoms with van der Waals surface area (Å²) in [5.41, 5.74) is -0.629. The first-order valence-corrected chi connectivity index (χ1v) is 15.4. The third-order valence-corrected chi connectivity index (χ3v) is 10.5. The van der Waals surface area contributed by atoms with E-state index in [0.717, 1.165) is 12.1 Å². The van der Waals surface area contributed by atoms with Gasteiger partial charge in [-0.15, -0.1) is 0 Å². The average molecular weight is 598 g/mol. The minimum Gasteiger partial charge on any atom is -0.462 e. The van der Waals surface area contributed by atoms with Crippen LogP contribution in [0.15, 0.2) is 67.9 Å². The Balaban J connectivity index is 1.87. The number of allylic oxidation sites excluding steroid dienone is 1. The largest absolute Gasteiger partial charge is 0.462 e. The highest BCUT2D eigenvalue weighted by atomic mass is 35.5. The van der Waals surface area contributed by atoms with E-state index in [0.29, 0.717) is 0 Å². The lowest BCUT2D eigenvalue weighted by atomic mass is 9.80. The molecule has 0 radical (unpaired) electrons. The summed E-state index contributed by atoms with van der Waals surface area (Å²) in [4.78, 5) is 27.9. The van der Waals surface area contributed by atoms with E-state index in [2.05, 4.69) is 4.99 Å². The van der Waals surface area contributed by atoms with Crippen LogP contribution in [0.4, 0.5) is 4.39 Å². The van der Waals surface area contributed by atoms with Crippen molar-refractivity contribution < 1.29 is 40.3 Å². The lowest BCUT2D eigenvalue weighted by Gasteiger charge is -2.32. The van der Waals surface area contributed by atoms with Crippen molar-refractivity contribution >= 4 is 48.9 Å². The Morgan fingerprint density at radius 1 is 1.03 bits per heavy atom. The number of esters is 2. The van der Waals surface area contributed by atoms with Gasteiger partial charge >= 0.3 is 11.9 Å². The summed E-state index contributed by atoms with van der Waals surface area (Å²) < 4.78 is 80.2. The maximum Gasteiger partial charge on any atom is 0.315 e. The molecular weight excluding hydrogens is 573 g/mol. The Morgan fingerprint density at radius 2 is 1.67 bits per heavy atom. The Hall–Kier alpha value is -3.09. The Kier molecular flexibility index (Phi) is 8.02. The highest BCUT2D eigenvalue weighted by Gasteiger charge is 2.49. The van der Waals surface area contributed by atoms with Crippen LogP contribution in [-0.2, 0) is 38.7 Å². The van der Waals surface area contributed by atoms with E-state index in [-0.39, 0.29) is 35.2 Å². The summed E-state index contributed by atoms with van der Waals surface area (Å²) in [6, 6.07) is 8.78. The fraction of sp³-hybridized carbons (Fsp3) is 0.346. The minimum atomic E-state index is -4.63. The van der Waals surface area contributed by atoms with Gasteiger partial charge in [0.2, 0.25) is 9.84 Å². The first-order valence-electron chi connectivity index (χ1n) is 11.9. The van der Waals surface area contributed by atoms with Crippen molar-refractivity contribution in [3.8, 4) is 0 Å². The summed E-state index contributed by atoms with van der Waals surface area (Å²) in [6.07, 6.45) is 0. The molecule has 0 N–H and O–H groups in total. The molecule has 208 valence electrons. The van der Waals surface area contributed by atoms with E-state index in [1.807, 2.05) is 0 Å². The number of nitrogens with zero attached hydrogens (tertiary/aromatic N) is 1. The van der Waals surface area contributed by atoms with Crippen LogP contribution in [0.2, 0.25) is 5.02 Å². The molecule has 0 spiro atoms. The zero-order valence-electron chi connectivity index (χ0n) is 21.2. The summed E-state index contributed by atoms with van der Waals surface area (Å²) in [6.45, 7) is 4.06. The average Bonchev–Trinajstić information content (AvgIpc) is 2.91. The van der Waals surface area contributed by atoms with Gasteiger partial charge in [0.05, 0.1) is 32.1 Å². The molecule has 0 fully saturated rings. The molecule has 0 aliphatic carbocycles. The zero-order valence-corrected chi connectivity index (χ0v) is 23.6. The van der Waals surface area contributed by atoms with Gasteiger partial charge in [0, 0.05) is 22.2 Å². The molecule has 9 nitrogen and oxygen atoms in total. The highest BCUT2D eigenvalue weighted by molar-refractivity contribution is 7.97. The predicted octanol–water partition coefficient (Wildman–Crippen LogP) is 3.87. The number of benzene rings is 2. The second-order valence-electron chi connectivity index (χ2n) is 9.35. The predicted molar refractivity (Wildman–Crippen MR) is 140 cm³/mol. The van der Waals surface area contributed by atoms with Crippen LogP contribution in [-0.4, -0.2) is 53.5 Å². The molecule has 13 heteroatoms. The monoisotopic (exact) mass is 597 g/mol. The van der Waals surface area contributed by atoms with E-state index >= 15 is 4.39 Å². The molecule has 2 atom stereocenters. The second kappa shape index (κ2) is 10.8. The molecule has 0 aromatic heterocycles. The summed E-state index contributed by atoms with van der Waals surface area (Å²) in [5.74, 6) is -6.60. The highest BCUT2D eigenvalue weighted by Crippen LogP contribution is 2.49. The van der Waals surface area contributed by atoms with Gasteiger partial charge in [0.15, 0.2) is 9.84 Å². The van der Waals surface area contributed by atoms with Gasteiger partial charge in [-0.3, -0.25) is 14.6 Å². The van der Waals surface area contributed by atoms with Crippen molar-refractivity contribution in [2.45, 2.75) is 36.5 Å². The van der Waals surface area contributed by atoms with Gasteiger partial charge in [-0.05, 0) is 31.2 Å². The topological polar surface area (TPSA) is 133 Å².